The Bertz CT molecular complexity index is 296. The van der Waals surface area contributed by atoms with Crippen LogP contribution in [0.25, 0.3) is 0 Å². The molecule has 1 unspecified atom stereocenters. The summed E-state index contributed by atoms with van der Waals surface area (Å²) in [5.41, 5.74) is 0. The first-order valence-electron chi connectivity index (χ1n) is 3.96. The molecule has 1 aromatic rings. The second-order valence-corrected chi connectivity index (χ2v) is 2.70. The molecule has 1 aliphatic heterocycles. The van der Waals surface area contributed by atoms with E-state index in [2.05, 4.69) is 0 Å². The number of benzene rings is 1. The second kappa shape index (κ2) is 2.59. The molecule has 3 nitrogen and oxygen atoms in total. The average Bonchev–Trinajstić information content (AvgIpc) is 2.46. The highest BCUT2D eigenvalue weighted by molar-refractivity contribution is 5.46. The van der Waals surface area contributed by atoms with Gasteiger partial charge in [-0.2, -0.15) is 0 Å². The predicted octanol–water partition coefficient (Wildman–Crippen LogP) is 1.90. The van der Waals surface area contributed by atoms with Gasteiger partial charge in [-0.15, -0.1) is 0 Å². The number of fused-ring (bicyclic) bond motifs is 1. The molecule has 64 valence electrons. The molecule has 0 spiro atoms. The maximum absolute atomic E-state index is 9.12. The first-order chi connectivity index (χ1) is 5.79. The first-order valence-corrected chi connectivity index (χ1v) is 3.96. The Labute approximate surface area is 70.5 Å². The topological polar surface area (TPSA) is 38.7 Å². The van der Waals surface area contributed by atoms with E-state index >= 15 is 0 Å². The van der Waals surface area contributed by atoms with E-state index in [1.807, 2.05) is 6.92 Å². The highest BCUT2D eigenvalue weighted by atomic mass is 16.7. The van der Waals surface area contributed by atoms with Crippen LogP contribution in [0.15, 0.2) is 18.2 Å². The van der Waals surface area contributed by atoms with Gasteiger partial charge in [0.15, 0.2) is 11.5 Å². The summed E-state index contributed by atoms with van der Waals surface area (Å²) in [6.07, 6.45) is 0.608. The van der Waals surface area contributed by atoms with E-state index in [0.717, 1.165) is 6.42 Å². The molecule has 0 aromatic heterocycles. The summed E-state index contributed by atoms with van der Waals surface area (Å²) < 4.78 is 10.7. The molecular weight excluding hydrogens is 156 g/mol. The summed E-state index contributed by atoms with van der Waals surface area (Å²) in [7, 11) is 0. The number of rotatable bonds is 1. The van der Waals surface area contributed by atoms with Crippen LogP contribution in [0.2, 0.25) is 0 Å². The molecule has 0 bridgehead atoms. The zero-order chi connectivity index (χ0) is 8.55. The Morgan fingerprint density at radius 3 is 2.83 bits per heavy atom. The number of hydrogen-bond donors (Lipinski definition) is 1. The van der Waals surface area contributed by atoms with Gasteiger partial charge in [0, 0.05) is 12.5 Å². The number of phenols is 1. The van der Waals surface area contributed by atoms with Crippen molar-refractivity contribution in [2.24, 2.45) is 0 Å². The van der Waals surface area contributed by atoms with Gasteiger partial charge in [0.05, 0.1) is 0 Å². The lowest BCUT2D eigenvalue weighted by molar-refractivity contribution is 0.0464. The minimum atomic E-state index is -0.193. The molecule has 12 heavy (non-hydrogen) atoms. The summed E-state index contributed by atoms with van der Waals surface area (Å²) in [4.78, 5) is 0. The zero-order valence-electron chi connectivity index (χ0n) is 6.78. The molecule has 3 heteroatoms. The third-order valence-corrected chi connectivity index (χ3v) is 1.78. The van der Waals surface area contributed by atoms with E-state index in [-0.39, 0.29) is 12.0 Å². The van der Waals surface area contributed by atoms with Crippen molar-refractivity contribution in [3.8, 4) is 17.2 Å². The number of phenolic OH excluding ortho intramolecular Hbond substituents is 1. The Hall–Kier alpha value is -1.38. The van der Waals surface area contributed by atoms with E-state index in [0.29, 0.717) is 11.5 Å². The Morgan fingerprint density at radius 1 is 1.33 bits per heavy atom. The standard InChI is InChI=1S/C9H10O3/c1-2-9-11-7-4-3-6(10)5-8(7)12-9/h3-5,9-10H,2H2,1H3. The lowest BCUT2D eigenvalue weighted by atomic mass is 10.3. The van der Waals surface area contributed by atoms with Crippen molar-refractivity contribution in [2.45, 2.75) is 19.6 Å². The van der Waals surface area contributed by atoms with Crippen LogP contribution in [0.5, 0.6) is 17.2 Å². The zero-order valence-corrected chi connectivity index (χ0v) is 6.78. The van der Waals surface area contributed by atoms with Crippen LogP contribution in [-0.4, -0.2) is 11.4 Å². The van der Waals surface area contributed by atoms with Crippen molar-refractivity contribution in [1.29, 1.82) is 0 Å². The fraction of sp³-hybridized carbons (Fsp3) is 0.333. The van der Waals surface area contributed by atoms with Crippen LogP contribution in [0.3, 0.4) is 0 Å². The monoisotopic (exact) mass is 166 g/mol. The highest BCUT2D eigenvalue weighted by Crippen LogP contribution is 2.37. The third kappa shape index (κ3) is 1.07. The van der Waals surface area contributed by atoms with E-state index in [4.69, 9.17) is 14.6 Å². The van der Waals surface area contributed by atoms with Gasteiger partial charge < -0.3 is 14.6 Å². The van der Waals surface area contributed by atoms with Crippen LogP contribution in [0, 0.1) is 0 Å². The summed E-state index contributed by atoms with van der Waals surface area (Å²) in [6.45, 7) is 1.98. The fourth-order valence-electron chi connectivity index (χ4n) is 1.16. The number of aromatic hydroxyl groups is 1. The molecule has 0 saturated carbocycles. The third-order valence-electron chi connectivity index (χ3n) is 1.78. The average molecular weight is 166 g/mol. The molecule has 1 atom stereocenters. The molecule has 0 saturated heterocycles. The van der Waals surface area contributed by atoms with Crippen molar-refractivity contribution < 1.29 is 14.6 Å². The molecule has 0 fully saturated rings. The summed E-state index contributed by atoms with van der Waals surface area (Å²) in [6, 6.07) is 4.85. The first kappa shape index (κ1) is 7.28. The van der Waals surface area contributed by atoms with Crippen molar-refractivity contribution in [3.05, 3.63) is 18.2 Å². The molecular formula is C9H10O3. The molecule has 1 heterocycles. The van der Waals surface area contributed by atoms with Crippen molar-refractivity contribution in [1.82, 2.24) is 0 Å². The van der Waals surface area contributed by atoms with Crippen molar-refractivity contribution in [2.75, 3.05) is 0 Å². The number of hydrogen-bond acceptors (Lipinski definition) is 3. The Kier molecular flexibility index (Phi) is 1.57. The normalized spacial score (nSPS) is 19.6. The van der Waals surface area contributed by atoms with E-state index in [9.17, 15) is 0 Å². The van der Waals surface area contributed by atoms with E-state index in [1.54, 1.807) is 18.2 Å². The second-order valence-electron chi connectivity index (χ2n) is 2.70. The maximum Gasteiger partial charge on any atom is 0.241 e. The molecule has 0 radical (unpaired) electrons. The predicted molar refractivity (Wildman–Crippen MR) is 43.4 cm³/mol. The van der Waals surface area contributed by atoms with E-state index < -0.39 is 0 Å². The van der Waals surface area contributed by atoms with Crippen molar-refractivity contribution in [3.63, 3.8) is 0 Å². The van der Waals surface area contributed by atoms with Gasteiger partial charge in [0.1, 0.15) is 5.75 Å². The summed E-state index contributed by atoms with van der Waals surface area (Å²) in [5, 5.41) is 9.12. The van der Waals surface area contributed by atoms with Crippen LogP contribution >= 0.6 is 0 Å². The molecule has 2 rings (SSSR count). The van der Waals surface area contributed by atoms with Gasteiger partial charge in [-0.25, -0.2) is 0 Å². The molecule has 1 N–H and O–H groups in total. The largest absolute Gasteiger partial charge is 0.508 e. The van der Waals surface area contributed by atoms with Gasteiger partial charge in [-0.1, -0.05) is 6.92 Å². The van der Waals surface area contributed by atoms with Crippen LogP contribution < -0.4 is 9.47 Å². The minimum absolute atomic E-state index is 0.193. The maximum atomic E-state index is 9.12. The fourth-order valence-corrected chi connectivity index (χ4v) is 1.16. The minimum Gasteiger partial charge on any atom is -0.508 e. The van der Waals surface area contributed by atoms with Gasteiger partial charge in [-0.05, 0) is 12.1 Å². The SMILES string of the molecule is CCC1Oc2ccc(O)cc2O1. The number of ether oxygens (including phenoxy) is 2. The van der Waals surface area contributed by atoms with Gasteiger partial charge >= 0.3 is 0 Å². The molecule has 0 amide bonds. The Balaban J connectivity index is 2.30. The van der Waals surface area contributed by atoms with Crippen LogP contribution in [0.4, 0.5) is 0 Å². The highest BCUT2D eigenvalue weighted by Gasteiger charge is 2.22. The van der Waals surface area contributed by atoms with Gasteiger partial charge in [0.25, 0.3) is 0 Å². The lowest BCUT2D eigenvalue weighted by Gasteiger charge is -2.04. The molecule has 1 aromatic carbocycles. The quantitative estimate of drug-likeness (QED) is 0.692. The smallest absolute Gasteiger partial charge is 0.241 e. The van der Waals surface area contributed by atoms with Crippen LogP contribution in [-0.2, 0) is 0 Å². The van der Waals surface area contributed by atoms with Crippen molar-refractivity contribution >= 4 is 0 Å². The van der Waals surface area contributed by atoms with Gasteiger partial charge in [0.2, 0.25) is 6.29 Å². The Morgan fingerprint density at radius 2 is 2.08 bits per heavy atom. The molecule has 0 aliphatic carbocycles. The van der Waals surface area contributed by atoms with Gasteiger partial charge in [-0.3, -0.25) is 0 Å². The van der Waals surface area contributed by atoms with Crippen LogP contribution in [0.1, 0.15) is 13.3 Å². The summed E-state index contributed by atoms with van der Waals surface area (Å²) in [5.74, 6) is 1.54. The van der Waals surface area contributed by atoms with E-state index in [1.165, 1.54) is 0 Å². The lowest BCUT2D eigenvalue weighted by Crippen LogP contribution is -2.15. The molecule has 1 aliphatic rings. The summed E-state index contributed by atoms with van der Waals surface area (Å²) >= 11 is 0.